The van der Waals surface area contributed by atoms with Crippen LogP contribution in [0.25, 0.3) is 6.08 Å². The standard InChI is InChI=1S/C20H18Cl2N2OS/c1-13(2)12-24-19(25)18(11-14-3-5-15(21)6-4-14)26-20(24)23-17-9-7-16(22)8-10-17/h3-11,13H,12H2,1-2H3/b18-11-,23-20?. The molecule has 2 aromatic carbocycles. The number of aliphatic imine (C=N–C) groups is 1. The lowest BCUT2D eigenvalue weighted by atomic mass is 10.2. The molecular formula is C20H18Cl2N2OS. The van der Waals surface area contributed by atoms with Crippen molar-refractivity contribution in [3.63, 3.8) is 0 Å². The zero-order valence-electron chi connectivity index (χ0n) is 14.4. The van der Waals surface area contributed by atoms with Gasteiger partial charge in [0.05, 0.1) is 10.6 Å². The van der Waals surface area contributed by atoms with Crippen molar-refractivity contribution in [2.24, 2.45) is 10.9 Å². The molecule has 3 rings (SSSR count). The van der Waals surface area contributed by atoms with Gasteiger partial charge in [0.1, 0.15) is 0 Å². The van der Waals surface area contributed by atoms with E-state index in [1.54, 1.807) is 17.0 Å². The van der Waals surface area contributed by atoms with Gasteiger partial charge in [0.2, 0.25) is 0 Å². The molecule has 0 unspecified atom stereocenters. The Morgan fingerprint density at radius 1 is 1.04 bits per heavy atom. The third-order valence-corrected chi connectivity index (χ3v) is 5.17. The molecule has 1 fully saturated rings. The minimum Gasteiger partial charge on any atom is -0.286 e. The number of rotatable bonds is 4. The molecule has 0 aliphatic carbocycles. The minimum absolute atomic E-state index is 0.0219. The Hall–Kier alpha value is -1.75. The topological polar surface area (TPSA) is 32.7 Å². The quantitative estimate of drug-likeness (QED) is 0.563. The smallest absolute Gasteiger partial charge is 0.266 e. The first-order chi connectivity index (χ1) is 12.4. The average Bonchev–Trinajstić information content (AvgIpc) is 2.87. The van der Waals surface area contributed by atoms with Gasteiger partial charge in [-0.1, -0.05) is 49.2 Å². The number of nitrogens with zero attached hydrogens (tertiary/aromatic N) is 2. The first-order valence-electron chi connectivity index (χ1n) is 8.23. The lowest BCUT2D eigenvalue weighted by Gasteiger charge is -2.17. The highest BCUT2D eigenvalue weighted by molar-refractivity contribution is 8.18. The summed E-state index contributed by atoms with van der Waals surface area (Å²) in [5.74, 6) is 0.316. The van der Waals surface area contributed by atoms with Crippen molar-refractivity contribution in [3.05, 3.63) is 69.0 Å². The maximum atomic E-state index is 12.9. The Morgan fingerprint density at radius 3 is 2.19 bits per heavy atom. The number of carbonyl (C=O) groups excluding carboxylic acids is 1. The van der Waals surface area contributed by atoms with Crippen molar-refractivity contribution in [3.8, 4) is 0 Å². The normalized spacial score (nSPS) is 17.7. The third kappa shape index (κ3) is 4.70. The zero-order chi connectivity index (χ0) is 18.7. The predicted molar refractivity (Wildman–Crippen MR) is 112 cm³/mol. The highest BCUT2D eigenvalue weighted by Gasteiger charge is 2.33. The van der Waals surface area contributed by atoms with Crippen molar-refractivity contribution < 1.29 is 4.79 Å². The largest absolute Gasteiger partial charge is 0.286 e. The third-order valence-electron chi connectivity index (χ3n) is 3.65. The van der Waals surface area contributed by atoms with Crippen LogP contribution in [0.1, 0.15) is 19.4 Å². The van der Waals surface area contributed by atoms with Gasteiger partial charge in [0, 0.05) is 16.6 Å². The van der Waals surface area contributed by atoms with Gasteiger partial charge < -0.3 is 0 Å². The summed E-state index contributed by atoms with van der Waals surface area (Å²) < 4.78 is 0. The van der Waals surface area contributed by atoms with E-state index in [0.717, 1.165) is 11.3 Å². The molecular weight excluding hydrogens is 387 g/mol. The van der Waals surface area contributed by atoms with E-state index in [1.807, 2.05) is 42.5 Å². The molecule has 1 amide bonds. The summed E-state index contributed by atoms with van der Waals surface area (Å²) in [6.07, 6.45) is 1.88. The molecule has 0 radical (unpaired) electrons. The van der Waals surface area contributed by atoms with Crippen LogP contribution in [0.3, 0.4) is 0 Å². The number of thioether (sulfide) groups is 1. The molecule has 0 bridgehead atoms. The van der Waals surface area contributed by atoms with Crippen LogP contribution in [-0.4, -0.2) is 22.5 Å². The summed E-state index contributed by atoms with van der Waals surface area (Å²) in [5, 5.41) is 2.02. The van der Waals surface area contributed by atoms with Gasteiger partial charge >= 0.3 is 0 Å². The molecule has 6 heteroatoms. The first-order valence-corrected chi connectivity index (χ1v) is 9.81. The molecule has 3 nitrogen and oxygen atoms in total. The van der Waals surface area contributed by atoms with Gasteiger partial charge in [-0.3, -0.25) is 9.69 Å². The van der Waals surface area contributed by atoms with Crippen LogP contribution in [0.4, 0.5) is 5.69 Å². The van der Waals surface area contributed by atoms with E-state index in [9.17, 15) is 4.79 Å². The zero-order valence-corrected chi connectivity index (χ0v) is 16.8. The molecule has 1 heterocycles. The van der Waals surface area contributed by atoms with Crippen LogP contribution >= 0.6 is 35.0 Å². The molecule has 134 valence electrons. The van der Waals surface area contributed by atoms with Crippen molar-refractivity contribution in [1.29, 1.82) is 0 Å². The Kier molecular flexibility index (Phi) is 6.07. The second kappa shape index (κ2) is 8.30. The van der Waals surface area contributed by atoms with Crippen LogP contribution < -0.4 is 0 Å². The number of carbonyl (C=O) groups is 1. The summed E-state index contributed by atoms with van der Waals surface area (Å²) in [5.41, 5.74) is 1.70. The van der Waals surface area contributed by atoms with Gasteiger partial charge in [-0.25, -0.2) is 4.99 Å². The van der Waals surface area contributed by atoms with Gasteiger partial charge in [-0.05, 0) is 65.7 Å². The van der Waals surface area contributed by atoms with E-state index < -0.39 is 0 Å². The first kappa shape index (κ1) is 19.0. The van der Waals surface area contributed by atoms with Gasteiger partial charge in [-0.2, -0.15) is 0 Å². The predicted octanol–water partition coefficient (Wildman–Crippen LogP) is 6.25. The lowest BCUT2D eigenvalue weighted by Crippen LogP contribution is -2.32. The summed E-state index contributed by atoms with van der Waals surface area (Å²) in [6, 6.07) is 14.7. The summed E-state index contributed by atoms with van der Waals surface area (Å²) >= 11 is 13.3. The van der Waals surface area contributed by atoms with E-state index in [1.165, 1.54) is 11.8 Å². The van der Waals surface area contributed by atoms with E-state index in [0.29, 0.717) is 32.6 Å². The van der Waals surface area contributed by atoms with Gasteiger partial charge in [0.15, 0.2) is 5.17 Å². The fraction of sp³-hybridized carbons (Fsp3) is 0.200. The summed E-state index contributed by atoms with van der Waals surface area (Å²) in [4.78, 5) is 19.9. The van der Waals surface area contributed by atoms with Crippen LogP contribution in [0.15, 0.2) is 58.4 Å². The number of benzene rings is 2. The highest BCUT2D eigenvalue weighted by Crippen LogP contribution is 2.35. The second-order valence-electron chi connectivity index (χ2n) is 6.34. The number of halogens is 2. The van der Waals surface area contributed by atoms with E-state index in [4.69, 9.17) is 23.2 Å². The van der Waals surface area contributed by atoms with Crippen LogP contribution in [0.2, 0.25) is 10.0 Å². The Morgan fingerprint density at radius 2 is 1.62 bits per heavy atom. The molecule has 26 heavy (non-hydrogen) atoms. The van der Waals surface area contributed by atoms with Crippen molar-refractivity contribution in [1.82, 2.24) is 4.90 Å². The minimum atomic E-state index is -0.0219. The van der Waals surface area contributed by atoms with Crippen LogP contribution in [0.5, 0.6) is 0 Å². The number of amidine groups is 1. The van der Waals surface area contributed by atoms with Crippen molar-refractivity contribution >= 4 is 57.8 Å². The molecule has 0 saturated carbocycles. The summed E-state index contributed by atoms with van der Waals surface area (Å²) in [6.45, 7) is 4.79. The number of amides is 1. The second-order valence-corrected chi connectivity index (χ2v) is 8.22. The molecule has 1 saturated heterocycles. The molecule has 0 atom stereocenters. The maximum absolute atomic E-state index is 12.9. The molecule has 0 N–H and O–H groups in total. The SMILES string of the molecule is CC(C)CN1C(=O)/C(=C/c2ccc(Cl)cc2)SC1=Nc1ccc(Cl)cc1. The Bertz CT molecular complexity index is 858. The summed E-state index contributed by atoms with van der Waals surface area (Å²) in [7, 11) is 0. The van der Waals surface area contributed by atoms with Crippen molar-refractivity contribution in [2.45, 2.75) is 13.8 Å². The fourth-order valence-corrected chi connectivity index (χ4v) is 3.71. The Balaban J connectivity index is 1.93. The van der Waals surface area contributed by atoms with E-state index >= 15 is 0 Å². The fourth-order valence-electron chi connectivity index (χ4n) is 2.45. The van der Waals surface area contributed by atoms with Crippen molar-refractivity contribution in [2.75, 3.05) is 6.54 Å². The number of hydrogen-bond donors (Lipinski definition) is 0. The Labute approximate surface area is 167 Å². The molecule has 0 aromatic heterocycles. The average molecular weight is 405 g/mol. The highest BCUT2D eigenvalue weighted by atomic mass is 35.5. The molecule has 0 spiro atoms. The molecule has 1 aliphatic rings. The van der Waals surface area contributed by atoms with Gasteiger partial charge in [0.25, 0.3) is 5.91 Å². The monoisotopic (exact) mass is 404 g/mol. The lowest BCUT2D eigenvalue weighted by molar-refractivity contribution is -0.122. The molecule has 2 aromatic rings. The van der Waals surface area contributed by atoms with Crippen LogP contribution in [0, 0.1) is 5.92 Å². The van der Waals surface area contributed by atoms with E-state index in [-0.39, 0.29) is 5.91 Å². The van der Waals surface area contributed by atoms with E-state index in [2.05, 4.69) is 18.8 Å². The van der Waals surface area contributed by atoms with Gasteiger partial charge in [-0.15, -0.1) is 0 Å². The maximum Gasteiger partial charge on any atom is 0.266 e. The van der Waals surface area contributed by atoms with Crippen LogP contribution in [-0.2, 0) is 4.79 Å². The number of hydrogen-bond acceptors (Lipinski definition) is 3. The molecule has 1 aliphatic heterocycles.